The van der Waals surface area contributed by atoms with Crippen molar-refractivity contribution in [2.24, 2.45) is 12.8 Å². The molecular formula is C8H17N5O2S. The van der Waals surface area contributed by atoms with E-state index in [4.69, 9.17) is 5.73 Å². The van der Waals surface area contributed by atoms with E-state index in [9.17, 15) is 8.42 Å². The standard InChI is InChI=1S/C8H17N5O2S/c1-6(4-9)16(14,15)12-7(2)8-11-10-5-13(8)3/h5-7,12H,4,9H2,1-3H3. The first-order valence-electron chi connectivity index (χ1n) is 4.93. The van der Waals surface area contributed by atoms with Gasteiger partial charge in [0.2, 0.25) is 10.0 Å². The average Bonchev–Trinajstić information content (AvgIpc) is 2.62. The monoisotopic (exact) mass is 247 g/mol. The second-order valence-electron chi connectivity index (χ2n) is 3.73. The molecule has 0 radical (unpaired) electrons. The Labute approximate surface area is 95.1 Å². The molecule has 0 spiro atoms. The van der Waals surface area contributed by atoms with Crippen LogP contribution in [0.1, 0.15) is 25.7 Å². The van der Waals surface area contributed by atoms with E-state index < -0.39 is 21.3 Å². The summed E-state index contributed by atoms with van der Waals surface area (Å²) in [5.41, 5.74) is 5.33. The van der Waals surface area contributed by atoms with Crippen molar-refractivity contribution in [2.75, 3.05) is 6.54 Å². The van der Waals surface area contributed by atoms with Gasteiger partial charge in [0, 0.05) is 13.6 Å². The van der Waals surface area contributed by atoms with Gasteiger partial charge in [-0.15, -0.1) is 10.2 Å². The Hall–Kier alpha value is -0.990. The van der Waals surface area contributed by atoms with Crippen LogP contribution in [0.5, 0.6) is 0 Å². The molecule has 3 N–H and O–H groups in total. The van der Waals surface area contributed by atoms with Gasteiger partial charge in [-0.3, -0.25) is 0 Å². The zero-order valence-electron chi connectivity index (χ0n) is 9.58. The summed E-state index contributed by atoms with van der Waals surface area (Å²) in [6.07, 6.45) is 1.52. The molecule has 2 unspecified atom stereocenters. The first-order valence-corrected chi connectivity index (χ1v) is 6.48. The predicted molar refractivity (Wildman–Crippen MR) is 60.0 cm³/mol. The molecule has 92 valence electrons. The summed E-state index contributed by atoms with van der Waals surface area (Å²) in [6.45, 7) is 3.36. The molecule has 0 aromatic carbocycles. The average molecular weight is 247 g/mol. The molecule has 0 fully saturated rings. The van der Waals surface area contributed by atoms with Crippen LogP contribution in [0.2, 0.25) is 0 Å². The van der Waals surface area contributed by atoms with Crippen LogP contribution in [0, 0.1) is 0 Å². The van der Waals surface area contributed by atoms with Gasteiger partial charge < -0.3 is 10.3 Å². The van der Waals surface area contributed by atoms with Gasteiger partial charge in [0.25, 0.3) is 0 Å². The fraction of sp³-hybridized carbons (Fsp3) is 0.750. The summed E-state index contributed by atoms with van der Waals surface area (Å²) < 4.78 is 27.6. The van der Waals surface area contributed by atoms with Crippen molar-refractivity contribution in [1.82, 2.24) is 19.5 Å². The van der Waals surface area contributed by atoms with Gasteiger partial charge in [-0.05, 0) is 13.8 Å². The van der Waals surface area contributed by atoms with Crippen LogP contribution in [-0.4, -0.2) is 35.0 Å². The number of aromatic nitrogens is 3. The third-order valence-electron chi connectivity index (χ3n) is 2.34. The predicted octanol–water partition coefficient (Wildman–Crippen LogP) is -0.857. The van der Waals surface area contributed by atoms with E-state index in [1.165, 1.54) is 6.33 Å². The molecule has 1 heterocycles. The van der Waals surface area contributed by atoms with Crippen LogP contribution in [0.4, 0.5) is 0 Å². The maximum Gasteiger partial charge on any atom is 0.216 e. The van der Waals surface area contributed by atoms with Crippen molar-refractivity contribution in [3.05, 3.63) is 12.2 Å². The molecule has 0 bridgehead atoms. The van der Waals surface area contributed by atoms with Crippen LogP contribution in [0.3, 0.4) is 0 Å². The van der Waals surface area contributed by atoms with Gasteiger partial charge in [-0.2, -0.15) is 0 Å². The molecule has 1 aromatic rings. The molecule has 0 aliphatic carbocycles. The van der Waals surface area contributed by atoms with Crippen LogP contribution in [0.25, 0.3) is 0 Å². The lowest BCUT2D eigenvalue weighted by molar-refractivity contribution is 0.542. The zero-order chi connectivity index (χ0) is 12.3. The highest BCUT2D eigenvalue weighted by molar-refractivity contribution is 7.90. The SMILES string of the molecule is CC(NS(=O)(=O)C(C)CN)c1nncn1C. The fourth-order valence-corrected chi connectivity index (χ4v) is 2.31. The molecule has 2 atom stereocenters. The lowest BCUT2D eigenvalue weighted by Gasteiger charge is -2.16. The number of sulfonamides is 1. The van der Waals surface area contributed by atoms with Gasteiger partial charge in [-0.1, -0.05) is 0 Å². The molecule has 0 aliphatic heterocycles. The van der Waals surface area contributed by atoms with Crippen LogP contribution in [0.15, 0.2) is 6.33 Å². The summed E-state index contributed by atoms with van der Waals surface area (Å²) >= 11 is 0. The van der Waals surface area contributed by atoms with E-state index in [0.717, 1.165) is 0 Å². The highest BCUT2D eigenvalue weighted by Crippen LogP contribution is 2.10. The largest absolute Gasteiger partial charge is 0.329 e. The molecule has 8 heteroatoms. The summed E-state index contributed by atoms with van der Waals surface area (Å²) in [6, 6.07) is -0.425. The molecule has 0 amide bonds. The number of nitrogens with two attached hydrogens (primary N) is 1. The number of aryl methyl sites for hydroxylation is 1. The Kier molecular flexibility index (Phi) is 4.00. The minimum absolute atomic E-state index is 0.0842. The second kappa shape index (κ2) is 4.89. The number of hydrogen-bond donors (Lipinski definition) is 2. The maximum atomic E-state index is 11.7. The highest BCUT2D eigenvalue weighted by atomic mass is 32.2. The van der Waals surface area contributed by atoms with Crippen LogP contribution in [-0.2, 0) is 17.1 Å². The Balaban J connectivity index is 2.80. The quantitative estimate of drug-likeness (QED) is 0.705. The van der Waals surface area contributed by atoms with E-state index in [1.54, 1.807) is 25.5 Å². The molecule has 1 aromatic heterocycles. The summed E-state index contributed by atoms with van der Waals surface area (Å²) in [4.78, 5) is 0. The Morgan fingerprint density at radius 2 is 2.19 bits per heavy atom. The summed E-state index contributed by atoms with van der Waals surface area (Å²) in [7, 11) is -1.65. The lowest BCUT2D eigenvalue weighted by atomic mass is 10.3. The van der Waals surface area contributed by atoms with Gasteiger partial charge in [0.15, 0.2) is 0 Å². The molecule has 0 saturated heterocycles. The van der Waals surface area contributed by atoms with Crippen molar-refractivity contribution in [1.29, 1.82) is 0 Å². The van der Waals surface area contributed by atoms with Gasteiger partial charge in [-0.25, -0.2) is 13.1 Å². The third-order valence-corrected chi connectivity index (χ3v) is 4.27. The van der Waals surface area contributed by atoms with Crippen molar-refractivity contribution < 1.29 is 8.42 Å². The first kappa shape index (κ1) is 13.1. The number of rotatable bonds is 5. The smallest absolute Gasteiger partial charge is 0.216 e. The Bertz CT molecular complexity index is 441. The summed E-state index contributed by atoms with van der Waals surface area (Å²) in [5, 5.41) is 6.91. The lowest BCUT2D eigenvalue weighted by Crippen LogP contribution is -2.38. The van der Waals surface area contributed by atoms with Gasteiger partial charge in [0.05, 0.1) is 11.3 Å². The first-order chi connectivity index (χ1) is 7.38. The zero-order valence-corrected chi connectivity index (χ0v) is 10.4. The van der Waals surface area contributed by atoms with E-state index in [1.807, 2.05) is 0 Å². The fourth-order valence-electron chi connectivity index (χ4n) is 1.23. The van der Waals surface area contributed by atoms with Gasteiger partial charge >= 0.3 is 0 Å². The van der Waals surface area contributed by atoms with E-state index >= 15 is 0 Å². The van der Waals surface area contributed by atoms with Crippen molar-refractivity contribution in [3.63, 3.8) is 0 Å². The van der Waals surface area contributed by atoms with Crippen molar-refractivity contribution in [3.8, 4) is 0 Å². The minimum Gasteiger partial charge on any atom is -0.329 e. The van der Waals surface area contributed by atoms with E-state index in [2.05, 4.69) is 14.9 Å². The van der Waals surface area contributed by atoms with Crippen molar-refractivity contribution in [2.45, 2.75) is 25.1 Å². The Morgan fingerprint density at radius 1 is 1.56 bits per heavy atom. The van der Waals surface area contributed by atoms with Gasteiger partial charge in [0.1, 0.15) is 12.2 Å². The minimum atomic E-state index is -3.41. The van der Waals surface area contributed by atoms with Crippen LogP contribution < -0.4 is 10.5 Å². The molecule has 0 aliphatic rings. The topological polar surface area (TPSA) is 103 Å². The third kappa shape index (κ3) is 2.77. The number of nitrogens with zero attached hydrogens (tertiary/aromatic N) is 3. The molecule has 0 saturated carbocycles. The molecule has 7 nitrogen and oxygen atoms in total. The summed E-state index contributed by atoms with van der Waals surface area (Å²) in [5.74, 6) is 0.563. The Morgan fingerprint density at radius 3 is 2.62 bits per heavy atom. The number of hydrogen-bond acceptors (Lipinski definition) is 5. The second-order valence-corrected chi connectivity index (χ2v) is 5.86. The van der Waals surface area contributed by atoms with Crippen LogP contribution >= 0.6 is 0 Å². The molecule has 1 rings (SSSR count). The van der Waals surface area contributed by atoms with Crippen molar-refractivity contribution >= 4 is 10.0 Å². The normalized spacial score (nSPS) is 16.0. The van der Waals surface area contributed by atoms with E-state index in [0.29, 0.717) is 5.82 Å². The maximum absolute atomic E-state index is 11.7. The number of nitrogens with one attached hydrogen (secondary N) is 1. The molecule has 16 heavy (non-hydrogen) atoms. The van der Waals surface area contributed by atoms with E-state index in [-0.39, 0.29) is 6.54 Å². The molecular weight excluding hydrogens is 230 g/mol. The highest BCUT2D eigenvalue weighted by Gasteiger charge is 2.23.